The molecular formula is C12H16N2O3. The molecule has 92 valence electrons. The molecule has 17 heavy (non-hydrogen) atoms. The van der Waals surface area contributed by atoms with Crippen molar-refractivity contribution in [1.29, 1.82) is 0 Å². The van der Waals surface area contributed by atoms with Crippen molar-refractivity contribution in [3.63, 3.8) is 0 Å². The molecule has 1 fully saturated rings. The Balaban J connectivity index is 2.34. The van der Waals surface area contributed by atoms with E-state index in [9.17, 15) is 4.79 Å². The first-order valence-corrected chi connectivity index (χ1v) is 5.48. The molecule has 5 nitrogen and oxygen atoms in total. The van der Waals surface area contributed by atoms with E-state index in [4.69, 9.17) is 9.84 Å². The molecule has 1 saturated heterocycles. The number of hydrogen-bond acceptors (Lipinski definition) is 4. The summed E-state index contributed by atoms with van der Waals surface area (Å²) < 4.78 is 5.17. The predicted molar refractivity (Wildman–Crippen MR) is 62.9 cm³/mol. The zero-order valence-corrected chi connectivity index (χ0v) is 9.69. The standard InChI is InChI=1S/C12H16N2O3/c1-17-10-4-2-3-9(5-10)12(6-11(15)16)7-13-8-14-12/h2-5,13-14H,6-8H2,1H3,(H,15,16). The number of carboxylic acids is 1. The van der Waals surface area contributed by atoms with Gasteiger partial charge in [0.25, 0.3) is 0 Å². The van der Waals surface area contributed by atoms with Gasteiger partial charge in [0.15, 0.2) is 0 Å². The highest BCUT2D eigenvalue weighted by Gasteiger charge is 2.37. The van der Waals surface area contributed by atoms with Crippen LogP contribution in [0.5, 0.6) is 5.75 Å². The molecule has 2 rings (SSSR count). The van der Waals surface area contributed by atoms with E-state index in [0.29, 0.717) is 13.2 Å². The molecule has 0 saturated carbocycles. The zero-order valence-electron chi connectivity index (χ0n) is 9.69. The average Bonchev–Trinajstić information content (AvgIpc) is 2.78. The lowest BCUT2D eigenvalue weighted by atomic mass is 9.87. The van der Waals surface area contributed by atoms with E-state index in [2.05, 4.69) is 10.6 Å². The van der Waals surface area contributed by atoms with Crippen LogP contribution in [0.1, 0.15) is 12.0 Å². The second-order valence-corrected chi connectivity index (χ2v) is 4.16. The van der Waals surface area contributed by atoms with Crippen LogP contribution in [0.4, 0.5) is 0 Å². The van der Waals surface area contributed by atoms with Gasteiger partial charge in [0, 0.05) is 13.2 Å². The molecule has 1 heterocycles. The van der Waals surface area contributed by atoms with Crippen molar-refractivity contribution in [2.75, 3.05) is 20.3 Å². The van der Waals surface area contributed by atoms with E-state index in [1.54, 1.807) is 7.11 Å². The summed E-state index contributed by atoms with van der Waals surface area (Å²) >= 11 is 0. The Morgan fingerprint density at radius 2 is 2.41 bits per heavy atom. The molecule has 0 amide bonds. The monoisotopic (exact) mass is 236 g/mol. The lowest BCUT2D eigenvalue weighted by molar-refractivity contribution is -0.138. The van der Waals surface area contributed by atoms with E-state index >= 15 is 0 Å². The van der Waals surface area contributed by atoms with Crippen LogP contribution in [0.15, 0.2) is 24.3 Å². The number of hydrogen-bond donors (Lipinski definition) is 3. The first-order valence-electron chi connectivity index (χ1n) is 5.48. The molecule has 0 spiro atoms. The minimum Gasteiger partial charge on any atom is -0.497 e. The quantitative estimate of drug-likeness (QED) is 0.711. The first kappa shape index (κ1) is 11.9. The van der Waals surface area contributed by atoms with Crippen LogP contribution in [0.3, 0.4) is 0 Å². The summed E-state index contributed by atoms with van der Waals surface area (Å²) in [5.41, 5.74) is 0.393. The van der Waals surface area contributed by atoms with Crippen LogP contribution in [0, 0.1) is 0 Å². The fourth-order valence-electron chi connectivity index (χ4n) is 2.18. The van der Waals surface area contributed by atoms with Gasteiger partial charge in [0.05, 0.1) is 19.1 Å². The second-order valence-electron chi connectivity index (χ2n) is 4.16. The highest BCUT2D eigenvalue weighted by molar-refractivity contribution is 5.69. The molecule has 1 unspecified atom stereocenters. The number of methoxy groups -OCH3 is 1. The van der Waals surface area contributed by atoms with Gasteiger partial charge in [0.1, 0.15) is 5.75 Å². The maximum atomic E-state index is 11.0. The number of ether oxygens (including phenoxy) is 1. The van der Waals surface area contributed by atoms with Crippen molar-refractivity contribution in [3.8, 4) is 5.75 Å². The summed E-state index contributed by atoms with van der Waals surface area (Å²) in [7, 11) is 1.60. The van der Waals surface area contributed by atoms with Crippen LogP contribution in [-0.2, 0) is 10.3 Å². The van der Waals surface area contributed by atoms with Gasteiger partial charge in [-0.1, -0.05) is 12.1 Å². The van der Waals surface area contributed by atoms with Gasteiger partial charge in [-0.05, 0) is 17.7 Å². The maximum absolute atomic E-state index is 11.0. The third kappa shape index (κ3) is 2.40. The molecule has 1 aromatic carbocycles. The number of rotatable bonds is 4. The maximum Gasteiger partial charge on any atom is 0.305 e. The second kappa shape index (κ2) is 4.73. The number of carbonyl (C=O) groups is 1. The summed E-state index contributed by atoms with van der Waals surface area (Å²) in [5.74, 6) is -0.0787. The number of nitrogens with one attached hydrogen (secondary N) is 2. The smallest absolute Gasteiger partial charge is 0.305 e. The Hall–Kier alpha value is -1.59. The van der Waals surface area contributed by atoms with E-state index in [-0.39, 0.29) is 6.42 Å². The van der Waals surface area contributed by atoms with Gasteiger partial charge in [-0.2, -0.15) is 0 Å². The molecule has 5 heteroatoms. The minimum absolute atomic E-state index is 0.0488. The van der Waals surface area contributed by atoms with Gasteiger partial charge >= 0.3 is 5.97 Å². The summed E-state index contributed by atoms with van der Waals surface area (Å²) in [4.78, 5) is 11.0. The summed E-state index contributed by atoms with van der Waals surface area (Å²) in [6, 6.07) is 7.52. The van der Waals surface area contributed by atoms with Gasteiger partial charge < -0.3 is 15.2 Å². The Bertz CT molecular complexity index is 414. The van der Waals surface area contributed by atoms with Crippen molar-refractivity contribution in [2.45, 2.75) is 12.0 Å². The summed E-state index contributed by atoms with van der Waals surface area (Å²) in [6.07, 6.45) is 0.0488. The van der Waals surface area contributed by atoms with E-state index in [0.717, 1.165) is 11.3 Å². The van der Waals surface area contributed by atoms with E-state index < -0.39 is 11.5 Å². The van der Waals surface area contributed by atoms with E-state index in [1.165, 1.54) is 0 Å². The van der Waals surface area contributed by atoms with Crippen LogP contribution in [-0.4, -0.2) is 31.4 Å². The van der Waals surface area contributed by atoms with Crippen LogP contribution < -0.4 is 15.4 Å². The van der Waals surface area contributed by atoms with E-state index in [1.807, 2.05) is 24.3 Å². The molecule has 3 N–H and O–H groups in total. The fraction of sp³-hybridized carbons (Fsp3) is 0.417. The normalized spacial score (nSPS) is 23.6. The SMILES string of the molecule is COc1cccc(C2(CC(=O)O)CNCN2)c1. The molecule has 0 bridgehead atoms. The molecule has 1 aliphatic rings. The molecule has 1 atom stereocenters. The number of carboxylic acid groups (broad SMARTS) is 1. The highest BCUT2D eigenvalue weighted by atomic mass is 16.5. The molecular weight excluding hydrogens is 220 g/mol. The molecule has 1 aromatic rings. The Morgan fingerprint density at radius 3 is 3.00 bits per heavy atom. The lowest BCUT2D eigenvalue weighted by Gasteiger charge is -2.27. The Labute approximate surface area is 99.8 Å². The molecule has 1 aliphatic heterocycles. The summed E-state index contributed by atoms with van der Waals surface area (Å²) in [5, 5.41) is 15.4. The molecule has 0 aliphatic carbocycles. The zero-order chi connectivity index (χ0) is 12.3. The largest absolute Gasteiger partial charge is 0.497 e. The van der Waals surface area contributed by atoms with Crippen LogP contribution in [0.2, 0.25) is 0 Å². The molecule has 0 aromatic heterocycles. The van der Waals surface area contributed by atoms with Crippen molar-refractivity contribution < 1.29 is 14.6 Å². The Kier molecular flexibility index (Phi) is 3.31. The Morgan fingerprint density at radius 1 is 1.59 bits per heavy atom. The number of aliphatic carboxylic acids is 1. The average molecular weight is 236 g/mol. The lowest BCUT2D eigenvalue weighted by Crippen LogP contribution is -2.41. The fourth-order valence-corrected chi connectivity index (χ4v) is 2.18. The van der Waals surface area contributed by atoms with Gasteiger partial charge in [-0.15, -0.1) is 0 Å². The molecule has 0 radical (unpaired) electrons. The first-order chi connectivity index (χ1) is 8.16. The highest BCUT2D eigenvalue weighted by Crippen LogP contribution is 2.29. The third-order valence-corrected chi connectivity index (χ3v) is 3.05. The van der Waals surface area contributed by atoms with Crippen LogP contribution in [0.25, 0.3) is 0 Å². The van der Waals surface area contributed by atoms with Gasteiger partial charge in [0.2, 0.25) is 0 Å². The van der Waals surface area contributed by atoms with Crippen molar-refractivity contribution >= 4 is 5.97 Å². The predicted octanol–water partition coefficient (Wildman–Crippen LogP) is 0.515. The van der Waals surface area contributed by atoms with Gasteiger partial charge in [-0.25, -0.2) is 0 Å². The van der Waals surface area contributed by atoms with Crippen molar-refractivity contribution in [2.24, 2.45) is 0 Å². The minimum atomic E-state index is -0.816. The van der Waals surface area contributed by atoms with Crippen molar-refractivity contribution in [1.82, 2.24) is 10.6 Å². The summed E-state index contributed by atoms with van der Waals surface area (Å²) in [6.45, 7) is 1.22. The van der Waals surface area contributed by atoms with Gasteiger partial charge in [-0.3, -0.25) is 10.1 Å². The van der Waals surface area contributed by atoms with Crippen LogP contribution >= 0.6 is 0 Å². The third-order valence-electron chi connectivity index (χ3n) is 3.05. The topological polar surface area (TPSA) is 70.6 Å². The van der Waals surface area contributed by atoms with Crippen molar-refractivity contribution in [3.05, 3.63) is 29.8 Å². The number of benzene rings is 1.